The van der Waals surface area contributed by atoms with Gasteiger partial charge in [-0.15, -0.1) is 0 Å². The average Bonchev–Trinajstić information content (AvgIpc) is 3.53. The molecule has 10 nitrogen and oxygen atoms in total. The topological polar surface area (TPSA) is 115 Å². The molecular weight excluding hydrogens is 667 g/mol. The van der Waals surface area contributed by atoms with E-state index in [1.807, 2.05) is 63.2 Å². The van der Waals surface area contributed by atoms with Crippen LogP contribution in [-0.2, 0) is 13.0 Å². The summed E-state index contributed by atoms with van der Waals surface area (Å²) in [5, 5.41) is 13.3. The Bertz CT molecular complexity index is 2140. The summed E-state index contributed by atoms with van der Waals surface area (Å²) >= 11 is 0. The summed E-state index contributed by atoms with van der Waals surface area (Å²) in [6.45, 7) is 7.88. The second-order valence-electron chi connectivity index (χ2n) is 12.8. The first-order valence-corrected chi connectivity index (χ1v) is 17.8. The number of ether oxygens (including phenoxy) is 3. The molecule has 0 saturated heterocycles. The summed E-state index contributed by atoms with van der Waals surface area (Å²) in [4.78, 5) is 25.1. The van der Waals surface area contributed by atoms with E-state index in [9.17, 15) is 9.59 Å². The van der Waals surface area contributed by atoms with Gasteiger partial charge in [-0.05, 0) is 136 Å². The van der Waals surface area contributed by atoms with Crippen LogP contribution in [0.25, 0.3) is 16.6 Å². The predicted octanol–water partition coefficient (Wildman–Crippen LogP) is 8.94. The molecule has 1 heterocycles. The van der Waals surface area contributed by atoms with Crippen molar-refractivity contribution >= 4 is 34.2 Å². The van der Waals surface area contributed by atoms with Crippen LogP contribution in [0.3, 0.4) is 0 Å². The van der Waals surface area contributed by atoms with Crippen molar-refractivity contribution in [1.82, 2.24) is 15.2 Å². The Hall–Kier alpha value is -6.26. The third kappa shape index (κ3) is 9.55. The highest BCUT2D eigenvalue weighted by Crippen LogP contribution is 2.29. The molecule has 0 atom stereocenters. The van der Waals surface area contributed by atoms with Gasteiger partial charge >= 0.3 is 6.03 Å². The van der Waals surface area contributed by atoms with Gasteiger partial charge in [0.1, 0.15) is 11.5 Å². The minimum atomic E-state index is -0.259. The van der Waals surface area contributed by atoms with Crippen LogP contribution in [0.15, 0.2) is 121 Å². The lowest BCUT2D eigenvalue weighted by Gasteiger charge is -2.11. The highest BCUT2D eigenvalue weighted by atomic mass is 16.5. The molecule has 4 N–H and O–H groups in total. The first kappa shape index (κ1) is 36.5. The Morgan fingerprint density at radius 2 is 1.45 bits per heavy atom. The largest absolute Gasteiger partial charge is 0.493 e. The van der Waals surface area contributed by atoms with Crippen LogP contribution in [0.4, 0.5) is 16.2 Å². The Morgan fingerprint density at radius 1 is 0.774 bits per heavy atom. The molecule has 0 fully saturated rings. The smallest absolute Gasteiger partial charge is 0.319 e. The Labute approximate surface area is 310 Å². The molecule has 0 aliphatic carbocycles. The van der Waals surface area contributed by atoms with Gasteiger partial charge in [0, 0.05) is 46.8 Å². The van der Waals surface area contributed by atoms with Crippen molar-refractivity contribution in [2.45, 2.75) is 39.8 Å². The zero-order valence-electron chi connectivity index (χ0n) is 30.4. The van der Waals surface area contributed by atoms with E-state index in [-0.39, 0.29) is 18.0 Å². The summed E-state index contributed by atoms with van der Waals surface area (Å²) in [7, 11) is 1.66. The number of carbonyl (C=O) groups excluding carboxylic acids is 2. The molecule has 5 aromatic carbocycles. The number of aromatic nitrogens is 1. The lowest BCUT2D eigenvalue weighted by Crippen LogP contribution is -2.34. The molecule has 0 unspecified atom stereocenters. The molecule has 0 bridgehead atoms. The van der Waals surface area contributed by atoms with Crippen LogP contribution >= 0.6 is 0 Å². The fourth-order valence-electron chi connectivity index (χ4n) is 5.96. The molecular formula is C43H45N5O5. The Kier molecular flexibility index (Phi) is 11.9. The van der Waals surface area contributed by atoms with Crippen molar-refractivity contribution in [3.63, 3.8) is 0 Å². The number of anilines is 2. The van der Waals surface area contributed by atoms with E-state index in [1.54, 1.807) is 55.6 Å². The third-order valence-corrected chi connectivity index (χ3v) is 8.52. The molecule has 0 radical (unpaired) electrons. The number of para-hydroxylation sites is 1. The van der Waals surface area contributed by atoms with Gasteiger partial charge in [-0.1, -0.05) is 24.3 Å². The summed E-state index contributed by atoms with van der Waals surface area (Å²) in [6, 6.07) is 36.1. The van der Waals surface area contributed by atoms with Crippen molar-refractivity contribution in [3.05, 3.63) is 138 Å². The first-order chi connectivity index (χ1) is 25.8. The van der Waals surface area contributed by atoms with Gasteiger partial charge in [0.05, 0.1) is 19.2 Å². The molecule has 0 saturated carbocycles. The maximum absolute atomic E-state index is 13.1. The molecule has 53 heavy (non-hydrogen) atoms. The van der Waals surface area contributed by atoms with Gasteiger partial charge in [-0.3, -0.25) is 4.79 Å². The second-order valence-corrected chi connectivity index (χ2v) is 12.8. The van der Waals surface area contributed by atoms with E-state index in [0.29, 0.717) is 41.6 Å². The van der Waals surface area contributed by atoms with E-state index in [4.69, 9.17) is 14.2 Å². The van der Waals surface area contributed by atoms with Crippen LogP contribution in [-0.4, -0.2) is 42.8 Å². The van der Waals surface area contributed by atoms with E-state index in [2.05, 4.69) is 56.3 Å². The van der Waals surface area contributed by atoms with Crippen molar-refractivity contribution < 1.29 is 23.8 Å². The van der Waals surface area contributed by atoms with Crippen LogP contribution in [0.2, 0.25) is 0 Å². The lowest BCUT2D eigenvalue weighted by atomic mass is 10.1. The minimum Gasteiger partial charge on any atom is -0.493 e. The van der Waals surface area contributed by atoms with Crippen LogP contribution in [0, 0.1) is 0 Å². The SMILES string of the molecule is CCOc1ccc(CCNCc2cn(-c3ccc(C(=O)Nc4ccc(Oc5ccc(NC(=O)NC(C)C)cc5)cc4)cc3)c3ccccc23)cc1OC. The van der Waals surface area contributed by atoms with Crippen molar-refractivity contribution in [2.24, 2.45) is 0 Å². The summed E-state index contributed by atoms with van der Waals surface area (Å²) in [5.74, 6) is 2.54. The summed E-state index contributed by atoms with van der Waals surface area (Å²) in [5.41, 5.74) is 6.30. The Morgan fingerprint density at radius 3 is 2.11 bits per heavy atom. The maximum Gasteiger partial charge on any atom is 0.319 e. The van der Waals surface area contributed by atoms with Gasteiger partial charge in [0.25, 0.3) is 5.91 Å². The number of nitrogens with zero attached hydrogens (tertiary/aromatic N) is 1. The fourth-order valence-corrected chi connectivity index (χ4v) is 5.96. The number of methoxy groups -OCH3 is 1. The predicted molar refractivity (Wildman–Crippen MR) is 211 cm³/mol. The zero-order chi connectivity index (χ0) is 37.2. The normalized spacial score (nSPS) is 11.0. The summed E-state index contributed by atoms with van der Waals surface area (Å²) < 4.78 is 19.3. The number of amides is 3. The van der Waals surface area contributed by atoms with Crippen LogP contribution < -0.4 is 35.5 Å². The molecule has 6 aromatic rings. The number of hydrogen-bond donors (Lipinski definition) is 4. The third-order valence-electron chi connectivity index (χ3n) is 8.52. The second kappa shape index (κ2) is 17.3. The van der Waals surface area contributed by atoms with Gasteiger partial charge in [-0.25, -0.2) is 4.79 Å². The number of urea groups is 1. The van der Waals surface area contributed by atoms with E-state index in [1.165, 1.54) is 16.5 Å². The average molecular weight is 712 g/mol. The van der Waals surface area contributed by atoms with Gasteiger partial charge in [0.15, 0.2) is 11.5 Å². The molecule has 0 aliphatic heterocycles. The van der Waals surface area contributed by atoms with Crippen molar-refractivity contribution in [3.8, 4) is 28.7 Å². The minimum absolute atomic E-state index is 0.0455. The highest BCUT2D eigenvalue weighted by molar-refractivity contribution is 6.04. The van der Waals surface area contributed by atoms with E-state index < -0.39 is 0 Å². The van der Waals surface area contributed by atoms with E-state index >= 15 is 0 Å². The molecule has 0 aliphatic rings. The zero-order valence-corrected chi connectivity index (χ0v) is 30.4. The molecule has 1 aromatic heterocycles. The number of hydrogen-bond acceptors (Lipinski definition) is 6. The molecule has 0 spiro atoms. The maximum atomic E-state index is 13.1. The molecule has 6 rings (SSSR count). The van der Waals surface area contributed by atoms with Crippen LogP contribution in [0.1, 0.15) is 42.3 Å². The molecule has 272 valence electrons. The molecule has 3 amide bonds. The van der Waals surface area contributed by atoms with Gasteiger partial charge in [-0.2, -0.15) is 0 Å². The number of fused-ring (bicyclic) bond motifs is 1. The van der Waals surface area contributed by atoms with Crippen molar-refractivity contribution in [1.29, 1.82) is 0 Å². The van der Waals surface area contributed by atoms with Crippen molar-refractivity contribution in [2.75, 3.05) is 30.9 Å². The number of nitrogens with one attached hydrogen (secondary N) is 4. The fraction of sp³-hybridized carbons (Fsp3) is 0.209. The standard InChI is InChI=1S/C43H45N5O5/c1-5-52-40-23-10-30(26-41(40)51-4)24-25-44-27-32-28-48(39-9-7-6-8-38(32)39)35-17-11-31(12-18-35)42(49)46-33-13-19-36(20-14-33)53-37-21-15-34(16-22-37)47-43(50)45-29(2)3/h6-23,26,28-29,44H,5,24-25,27H2,1-4H3,(H,46,49)(H2,45,47,50). The number of rotatable bonds is 15. The summed E-state index contributed by atoms with van der Waals surface area (Å²) in [6.07, 6.45) is 3.02. The first-order valence-electron chi connectivity index (χ1n) is 17.8. The lowest BCUT2D eigenvalue weighted by molar-refractivity contribution is 0.102. The highest BCUT2D eigenvalue weighted by Gasteiger charge is 2.12. The van der Waals surface area contributed by atoms with E-state index in [0.717, 1.165) is 35.7 Å². The van der Waals surface area contributed by atoms with Gasteiger partial charge < -0.3 is 40.0 Å². The monoisotopic (exact) mass is 711 g/mol. The van der Waals surface area contributed by atoms with Gasteiger partial charge in [0.2, 0.25) is 0 Å². The van der Waals surface area contributed by atoms with Crippen LogP contribution in [0.5, 0.6) is 23.0 Å². The number of carbonyl (C=O) groups is 2. The Balaban J connectivity index is 1.03. The quantitative estimate of drug-likeness (QED) is 0.0791. The molecule has 10 heteroatoms. The number of benzene rings is 5.